The van der Waals surface area contributed by atoms with Gasteiger partial charge in [0, 0.05) is 22.8 Å². The first-order valence-corrected chi connectivity index (χ1v) is 7.05. The van der Waals surface area contributed by atoms with Crippen LogP contribution in [0.1, 0.15) is 11.1 Å². The maximum Gasteiger partial charge on any atom is 0.416 e. The van der Waals surface area contributed by atoms with Gasteiger partial charge in [0.15, 0.2) is 0 Å². The Labute approximate surface area is 134 Å². The first-order valence-electron chi connectivity index (χ1n) is 7.05. The van der Waals surface area contributed by atoms with Gasteiger partial charge in [-0.25, -0.2) is 4.39 Å². The lowest BCUT2D eigenvalue weighted by Gasteiger charge is -2.09. The Hall–Kier alpha value is -2.83. The van der Waals surface area contributed by atoms with Crippen molar-refractivity contribution in [3.8, 4) is 0 Å². The fraction of sp³-hybridized carbons (Fsp3) is 0.118. The molecule has 2 N–H and O–H groups in total. The molecule has 2 aromatic carbocycles. The number of carbonyl (C=O) groups is 1. The number of fused-ring (bicyclic) bond motifs is 1. The summed E-state index contributed by atoms with van der Waals surface area (Å²) in [6.07, 6.45) is -2.93. The number of halogens is 4. The Kier molecular flexibility index (Phi) is 4.01. The van der Waals surface area contributed by atoms with Crippen molar-refractivity contribution in [3.05, 3.63) is 65.6 Å². The number of carbonyl (C=O) groups excluding carboxylic acids is 1. The van der Waals surface area contributed by atoms with Crippen molar-refractivity contribution in [3.63, 3.8) is 0 Å². The lowest BCUT2D eigenvalue weighted by molar-refractivity contribution is -0.137. The second-order valence-corrected chi connectivity index (χ2v) is 5.31. The standard InChI is InChI=1S/C17H12F4N2O/c18-12-4-5-14-10(9-22-15(14)8-12)6-16(24)23-13-3-1-2-11(7-13)17(19,20)21/h1-5,7-9,22H,6H2,(H,23,24). The van der Waals surface area contributed by atoms with Crippen molar-refractivity contribution in [1.29, 1.82) is 0 Å². The number of nitrogens with one attached hydrogen (secondary N) is 2. The monoisotopic (exact) mass is 336 g/mol. The molecule has 1 amide bonds. The van der Waals surface area contributed by atoms with Crippen LogP contribution in [0.5, 0.6) is 0 Å². The van der Waals surface area contributed by atoms with E-state index in [0.717, 1.165) is 12.1 Å². The Morgan fingerprint density at radius 3 is 2.67 bits per heavy atom. The first kappa shape index (κ1) is 16.0. The highest BCUT2D eigenvalue weighted by Crippen LogP contribution is 2.30. The van der Waals surface area contributed by atoms with Crippen LogP contribution in [0.15, 0.2) is 48.7 Å². The molecule has 0 aliphatic heterocycles. The molecule has 0 saturated carbocycles. The number of alkyl halides is 3. The molecule has 0 atom stereocenters. The number of aromatic amines is 1. The highest BCUT2D eigenvalue weighted by molar-refractivity contribution is 5.95. The molecule has 24 heavy (non-hydrogen) atoms. The normalized spacial score (nSPS) is 11.7. The minimum atomic E-state index is -4.47. The number of hydrogen-bond donors (Lipinski definition) is 2. The predicted molar refractivity (Wildman–Crippen MR) is 82.0 cm³/mol. The number of H-pyrrole nitrogens is 1. The lowest BCUT2D eigenvalue weighted by Crippen LogP contribution is -2.15. The van der Waals surface area contributed by atoms with Crippen molar-refractivity contribution >= 4 is 22.5 Å². The fourth-order valence-electron chi connectivity index (χ4n) is 2.46. The summed E-state index contributed by atoms with van der Waals surface area (Å²) in [6.45, 7) is 0. The van der Waals surface area contributed by atoms with Gasteiger partial charge < -0.3 is 10.3 Å². The van der Waals surface area contributed by atoms with Crippen molar-refractivity contribution in [2.45, 2.75) is 12.6 Å². The highest BCUT2D eigenvalue weighted by atomic mass is 19.4. The van der Waals surface area contributed by atoms with Crippen LogP contribution in [0.2, 0.25) is 0 Å². The van der Waals surface area contributed by atoms with E-state index in [2.05, 4.69) is 10.3 Å². The van der Waals surface area contributed by atoms with Gasteiger partial charge in [-0.3, -0.25) is 4.79 Å². The van der Waals surface area contributed by atoms with Gasteiger partial charge in [0.1, 0.15) is 5.82 Å². The molecule has 0 fully saturated rings. The van der Waals surface area contributed by atoms with Crippen LogP contribution in [0, 0.1) is 5.82 Å². The number of anilines is 1. The topological polar surface area (TPSA) is 44.9 Å². The van der Waals surface area contributed by atoms with Gasteiger partial charge in [0.2, 0.25) is 5.91 Å². The molecule has 7 heteroatoms. The summed E-state index contributed by atoms with van der Waals surface area (Å²) in [5.41, 5.74) is 0.426. The molecule has 0 aliphatic carbocycles. The molecule has 1 aromatic heterocycles. The second-order valence-electron chi connectivity index (χ2n) is 5.31. The molecule has 1 heterocycles. The molecular weight excluding hydrogens is 324 g/mol. The number of rotatable bonds is 3. The van der Waals surface area contributed by atoms with Crippen LogP contribution < -0.4 is 5.32 Å². The number of benzene rings is 2. The van der Waals surface area contributed by atoms with Gasteiger partial charge >= 0.3 is 6.18 Å². The lowest BCUT2D eigenvalue weighted by atomic mass is 10.1. The van der Waals surface area contributed by atoms with E-state index in [-0.39, 0.29) is 12.1 Å². The van der Waals surface area contributed by atoms with Crippen molar-refractivity contribution < 1.29 is 22.4 Å². The third-order valence-electron chi connectivity index (χ3n) is 3.55. The third kappa shape index (κ3) is 3.40. The van der Waals surface area contributed by atoms with E-state index in [9.17, 15) is 22.4 Å². The minimum absolute atomic E-state index is 0.0398. The van der Waals surface area contributed by atoms with Gasteiger partial charge in [-0.05, 0) is 42.0 Å². The van der Waals surface area contributed by atoms with Gasteiger partial charge in [-0.1, -0.05) is 6.07 Å². The summed E-state index contributed by atoms with van der Waals surface area (Å²) < 4.78 is 51.1. The highest BCUT2D eigenvalue weighted by Gasteiger charge is 2.30. The Morgan fingerprint density at radius 2 is 1.92 bits per heavy atom. The van der Waals surface area contributed by atoms with E-state index in [1.54, 1.807) is 12.3 Å². The van der Waals surface area contributed by atoms with Crippen molar-refractivity contribution in [2.75, 3.05) is 5.32 Å². The molecule has 0 radical (unpaired) electrons. The van der Waals surface area contributed by atoms with E-state index in [1.165, 1.54) is 24.3 Å². The smallest absolute Gasteiger partial charge is 0.361 e. The zero-order chi connectivity index (χ0) is 17.3. The van der Waals surface area contributed by atoms with Crippen LogP contribution in [0.4, 0.5) is 23.2 Å². The van der Waals surface area contributed by atoms with Crippen molar-refractivity contribution in [2.24, 2.45) is 0 Å². The summed E-state index contributed by atoms with van der Waals surface area (Å²) in [7, 11) is 0. The van der Waals surface area contributed by atoms with E-state index in [1.807, 2.05) is 0 Å². The summed E-state index contributed by atoms with van der Waals surface area (Å²) in [4.78, 5) is 14.9. The largest absolute Gasteiger partial charge is 0.416 e. The van der Waals surface area contributed by atoms with Gasteiger partial charge in [-0.15, -0.1) is 0 Å². The average molecular weight is 336 g/mol. The predicted octanol–water partition coefficient (Wildman–Crippen LogP) is 4.51. The van der Waals surface area contributed by atoms with Crippen molar-refractivity contribution in [1.82, 2.24) is 4.98 Å². The Bertz CT molecular complexity index is 899. The molecule has 3 aromatic rings. The fourth-order valence-corrected chi connectivity index (χ4v) is 2.46. The van der Waals surface area contributed by atoms with Crippen LogP contribution >= 0.6 is 0 Å². The van der Waals surface area contributed by atoms with Crippen LogP contribution in [-0.2, 0) is 17.4 Å². The Morgan fingerprint density at radius 1 is 1.12 bits per heavy atom. The van der Waals surface area contributed by atoms with E-state index in [0.29, 0.717) is 16.5 Å². The summed E-state index contributed by atoms with van der Waals surface area (Å²) in [6, 6.07) is 8.57. The third-order valence-corrected chi connectivity index (χ3v) is 3.55. The molecule has 124 valence electrons. The van der Waals surface area contributed by atoms with E-state index in [4.69, 9.17) is 0 Å². The van der Waals surface area contributed by atoms with Gasteiger partial charge in [0.05, 0.1) is 12.0 Å². The Balaban J connectivity index is 1.76. The SMILES string of the molecule is O=C(Cc1c[nH]c2cc(F)ccc12)Nc1cccc(C(F)(F)F)c1. The summed E-state index contributed by atoms with van der Waals surface area (Å²) >= 11 is 0. The average Bonchev–Trinajstić information content (AvgIpc) is 2.88. The molecule has 3 nitrogen and oxygen atoms in total. The number of hydrogen-bond acceptors (Lipinski definition) is 1. The quantitative estimate of drug-likeness (QED) is 0.679. The van der Waals surface area contributed by atoms with E-state index < -0.39 is 23.5 Å². The number of amides is 1. The molecule has 3 rings (SSSR count). The zero-order valence-corrected chi connectivity index (χ0v) is 12.2. The summed E-state index contributed by atoms with van der Waals surface area (Å²) in [5, 5.41) is 3.13. The van der Waals surface area contributed by atoms with Crippen LogP contribution in [0.25, 0.3) is 10.9 Å². The molecule has 0 aliphatic rings. The molecule has 0 unspecified atom stereocenters. The maximum absolute atomic E-state index is 13.1. The molecule has 0 bridgehead atoms. The van der Waals surface area contributed by atoms with E-state index >= 15 is 0 Å². The van der Waals surface area contributed by atoms with Crippen LogP contribution in [0.3, 0.4) is 0 Å². The zero-order valence-electron chi connectivity index (χ0n) is 12.2. The van der Waals surface area contributed by atoms with Gasteiger partial charge in [0.25, 0.3) is 0 Å². The van der Waals surface area contributed by atoms with Gasteiger partial charge in [-0.2, -0.15) is 13.2 Å². The number of aromatic nitrogens is 1. The molecule has 0 saturated heterocycles. The maximum atomic E-state index is 13.1. The minimum Gasteiger partial charge on any atom is -0.361 e. The summed E-state index contributed by atoms with van der Waals surface area (Å²) in [5.74, 6) is -0.858. The second kappa shape index (κ2) is 5.99. The van der Waals surface area contributed by atoms with Crippen LogP contribution in [-0.4, -0.2) is 10.9 Å². The molecular formula is C17H12F4N2O. The molecule has 0 spiro atoms. The first-order chi connectivity index (χ1) is 11.3.